The van der Waals surface area contributed by atoms with E-state index >= 15 is 0 Å². The van der Waals surface area contributed by atoms with Crippen LogP contribution < -0.4 is 0 Å². The number of benzene rings is 1. The van der Waals surface area contributed by atoms with E-state index in [1.165, 1.54) is 6.92 Å². The second kappa shape index (κ2) is 4.24. The van der Waals surface area contributed by atoms with Gasteiger partial charge < -0.3 is 0 Å². The van der Waals surface area contributed by atoms with E-state index in [4.69, 9.17) is 10.5 Å². The van der Waals surface area contributed by atoms with Gasteiger partial charge in [0, 0.05) is 0 Å². The Morgan fingerprint density at radius 2 is 1.88 bits per heavy atom. The van der Waals surface area contributed by atoms with E-state index in [-0.39, 0.29) is 17.5 Å². The molecule has 0 unspecified atom stereocenters. The lowest BCUT2D eigenvalue weighted by molar-refractivity contribution is -0.137. The molecule has 1 aromatic carbocycles. The van der Waals surface area contributed by atoms with Crippen LogP contribution in [0.15, 0.2) is 12.1 Å². The number of alkyl halides is 3. The highest BCUT2D eigenvalue weighted by Gasteiger charge is 2.31. The van der Waals surface area contributed by atoms with E-state index in [1.807, 2.05) is 0 Å². The summed E-state index contributed by atoms with van der Waals surface area (Å²) < 4.78 is 37.4. The zero-order valence-electron chi connectivity index (χ0n) is 8.39. The molecule has 0 heterocycles. The number of nitrogens with zero attached hydrogens (tertiary/aromatic N) is 2. The molecule has 0 saturated carbocycles. The molecule has 0 saturated heterocycles. The summed E-state index contributed by atoms with van der Waals surface area (Å²) in [6, 6.07) is 5.19. The Morgan fingerprint density at radius 1 is 1.25 bits per heavy atom. The quantitative estimate of drug-likeness (QED) is 0.736. The van der Waals surface area contributed by atoms with E-state index in [0.29, 0.717) is 5.56 Å². The molecule has 16 heavy (non-hydrogen) atoms. The number of rotatable bonds is 1. The number of hydrogen-bond acceptors (Lipinski definition) is 2. The molecule has 0 aliphatic heterocycles. The molecule has 0 aliphatic carbocycles. The van der Waals surface area contributed by atoms with Crippen molar-refractivity contribution in [2.24, 2.45) is 0 Å². The van der Waals surface area contributed by atoms with Gasteiger partial charge in [-0.2, -0.15) is 23.7 Å². The van der Waals surface area contributed by atoms with Crippen molar-refractivity contribution in [1.82, 2.24) is 0 Å². The topological polar surface area (TPSA) is 47.6 Å². The van der Waals surface area contributed by atoms with Crippen molar-refractivity contribution in [1.29, 1.82) is 10.5 Å². The summed E-state index contributed by atoms with van der Waals surface area (Å²) in [7, 11) is 0. The Kier molecular flexibility index (Phi) is 3.20. The molecule has 0 spiro atoms. The normalized spacial score (nSPS) is 10.6. The van der Waals surface area contributed by atoms with Crippen molar-refractivity contribution < 1.29 is 13.2 Å². The number of hydrogen-bond donors (Lipinski definition) is 0. The van der Waals surface area contributed by atoms with Gasteiger partial charge in [0.1, 0.15) is 0 Å². The average molecular weight is 224 g/mol. The predicted molar refractivity (Wildman–Crippen MR) is 50.2 cm³/mol. The lowest BCUT2D eigenvalue weighted by atomic mass is 9.97. The largest absolute Gasteiger partial charge is 0.416 e. The molecule has 0 bridgehead atoms. The zero-order chi connectivity index (χ0) is 12.3. The van der Waals surface area contributed by atoms with Gasteiger partial charge in [-0.05, 0) is 30.2 Å². The van der Waals surface area contributed by atoms with Gasteiger partial charge in [0.25, 0.3) is 0 Å². The van der Waals surface area contributed by atoms with E-state index in [0.717, 1.165) is 12.1 Å². The van der Waals surface area contributed by atoms with Crippen molar-refractivity contribution in [3.8, 4) is 12.1 Å². The monoisotopic (exact) mass is 224 g/mol. The SMILES string of the molecule is Cc1c(C#N)cc(C(F)(F)F)cc1CC#N. The molecule has 0 atom stereocenters. The molecular weight excluding hydrogens is 217 g/mol. The van der Waals surface area contributed by atoms with Crippen LogP contribution >= 0.6 is 0 Å². The first-order chi connectivity index (χ1) is 7.40. The Bertz CT molecular complexity index is 490. The van der Waals surface area contributed by atoms with Gasteiger partial charge in [0.05, 0.1) is 29.7 Å². The minimum atomic E-state index is -4.50. The maximum atomic E-state index is 12.5. The van der Waals surface area contributed by atoms with Gasteiger partial charge in [-0.25, -0.2) is 0 Å². The molecule has 82 valence electrons. The van der Waals surface area contributed by atoms with Crippen LogP contribution in [0.2, 0.25) is 0 Å². The molecule has 0 N–H and O–H groups in total. The molecule has 1 rings (SSSR count). The minimum Gasteiger partial charge on any atom is -0.198 e. The smallest absolute Gasteiger partial charge is 0.198 e. The molecular formula is C11H7F3N2. The molecule has 1 aromatic rings. The highest BCUT2D eigenvalue weighted by Crippen LogP contribution is 2.32. The van der Waals surface area contributed by atoms with Crippen LogP contribution in [0.4, 0.5) is 13.2 Å². The highest BCUT2D eigenvalue weighted by atomic mass is 19.4. The molecule has 0 aliphatic rings. The second-order valence-corrected chi connectivity index (χ2v) is 3.25. The third kappa shape index (κ3) is 2.32. The first-order valence-electron chi connectivity index (χ1n) is 4.38. The molecule has 0 amide bonds. The summed E-state index contributed by atoms with van der Waals surface area (Å²) in [4.78, 5) is 0. The first-order valence-corrected chi connectivity index (χ1v) is 4.38. The van der Waals surface area contributed by atoms with Crippen molar-refractivity contribution in [2.45, 2.75) is 19.5 Å². The van der Waals surface area contributed by atoms with E-state index in [9.17, 15) is 13.2 Å². The highest BCUT2D eigenvalue weighted by molar-refractivity contribution is 5.46. The molecule has 5 heteroatoms. The summed E-state index contributed by atoms with van der Waals surface area (Å²) in [5.41, 5.74) is -0.258. The first kappa shape index (κ1) is 12.1. The fraction of sp³-hybridized carbons (Fsp3) is 0.273. The van der Waals surface area contributed by atoms with E-state index in [2.05, 4.69) is 0 Å². The van der Waals surface area contributed by atoms with Gasteiger partial charge in [-0.3, -0.25) is 0 Å². The van der Waals surface area contributed by atoms with Crippen molar-refractivity contribution >= 4 is 0 Å². The maximum absolute atomic E-state index is 12.5. The van der Waals surface area contributed by atoms with Crippen LogP contribution in [0.1, 0.15) is 22.3 Å². The molecule has 0 fully saturated rings. The summed E-state index contributed by atoms with van der Waals surface area (Å²) in [6.07, 6.45) is -4.63. The summed E-state index contributed by atoms with van der Waals surface area (Å²) in [6.45, 7) is 1.53. The van der Waals surface area contributed by atoms with Gasteiger partial charge in [0.15, 0.2) is 0 Å². The third-order valence-corrected chi connectivity index (χ3v) is 2.23. The minimum absolute atomic E-state index is 0.0416. The fourth-order valence-corrected chi connectivity index (χ4v) is 1.32. The Hall–Kier alpha value is -2.01. The Balaban J connectivity index is 3.43. The second-order valence-electron chi connectivity index (χ2n) is 3.25. The molecule has 0 aromatic heterocycles. The van der Waals surface area contributed by atoms with Crippen LogP contribution in [0, 0.1) is 29.6 Å². The third-order valence-electron chi connectivity index (χ3n) is 2.23. The van der Waals surface area contributed by atoms with Gasteiger partial charge >= 0.3 is 6.18 Å². The fourth-order valence-electron chi connectivity index (χ4n) is 1.32. The zero-order valence-corrected chi connectivity index (χ0v) is 8.39. The van der Waals surface area contributed by atoms with Crippen molar-refractivity contribution in [2.75, 3.05) is 0 Å². The van der Waals surface area contributed by atoms with Crippen LogP contribution in [0.25, 0.3) is 0 Å². The van der Waals surface area contributed by atoms with Crippen LogP contribution in [-0.2, 0) is 12.6 Å². The van der Waals surface area contributed by atoms with E-state index in [1.54, 1.807) is 12.1 Å². The van der Waals surface area contributed by atoms with Crippen LogP contribution in [0.3, 0.4) is 0 Å². The lowest BCUT2D eigenvalue weighted by Crippen LogP contribution is -2.07. The summed E-state index contributed by atoms with van der Waals surface area (Å²) >= 11 is 0. The van der Waals surface area contributed by atoms with Gasteiger partial charge in [-0.15, -0.1) is 0 Å². The predicted octanol–water partition coefficient (Wildman–Crippen LogP) is 2.95. The van der Waals surface area contributed by atoms with Crippen LogP contribution in [0.5, 0.6) is 0 Å². The summed E-state index contributed by atoms with van der Waals surface area (Å²) in [5, 5.41) is 17.2. The number of halogens is 3. The standard InChI is InChI=1S/C11H7F3N2/c1-7-8(2-3-15)4-10(11(12,13)14)5-9(7)6-16/h4-5H,2H2,1H3. The number of nitriles is 2. The molecule has 0 radical (unpaired) electrons. The van der Waals surface area contributed by atoms with E-state index < -0.39 is 11.7 Å². The van der Waals surface area contributed by atoms with Gasteiger partial charge in [0.2, 0.25) is 0 Å². The Morgan fingerprint density at radius 3 is 2.31 bits per heavy atom. The lowest BCUT2D eigenvalue weighted by Gasteiger charge is -2.11. The molecule has 2 nitrogen and oxygen atoms in total. The van der Waals surface area contributed by atoms with Gasteiger partial charge in [-0.1, -0.05) is 0 Å². The Labute approximate surface area is 90.5 Å². The summed E-state index contributed by atoms with van der Waals surface area (Å²) in [5.74, 6) is 0. The maximum Gasteiger partial charge on any atom is 0.416 e. The average Bonchev–Trinajstić information content (AvgIpc) is 2.19. The van der Waals surface area contributed by atoms with Crippen molar-refractivity contribution in [3.63, 3.8) is 0 Å². The van der Waals surface area contributed by atoms with Crippen LogP contribution in [-0.4, -0.2) is 0 Å². The van der Waals surface area contributed by atoms with Crippen molar-refractivity contribution in [3.05, 3.63) is 34.4 Å².